The minimum Gasteiger partial charge on any atom is -0.483 e. The lowest BCUT2D eigenvalue weighted by molar-refractivity contribution is -0.139. The summed E-state index contributed by atoms with van der Waals surface area (Å²) in [5.74, 6) is 0.0730. The Labute approximate surface area is 131 Å². The number of nitrogens with two attached hydrogens (primary N) is 1. The number of amides is 2. The van der Waals surface area contributed by atoms with Gasteiger partial charge < -0.3 is 15.4 Å². The van der Waals surface area contributed by atoms with Crippen LogP contribution in [0.5, 0.6) is 5.75 Å². The number of hydrogen-bond acceptors (Lipinski definition) is 3. The fraction of sp³-hybridized carbons (Fsp3) is 0.529. The van der Waals surface area contributed by atoms with Gasteiger partial charge in [-0.05, 0) is 37.8 Å². The maximum Gasteiger partial charge on any atom is 0.260 e. The van der Waals surface area contributed by atoms with Crippen molar-refractivity contribution in [2.75, 3.05) is 13.2 Å². The average molecular weight is 304 g/mol. The normalized spacial score (nSPS) is 21.5. The van der Waals surface area contributed by atoms with E-state index in [-0.39, 0.29) is 30.4 Å². The highest BCUT2D eigenvalue weighted by atomic mass is 16.5. The summed E-state index contributed by atoms with van der Waals surface area (Å²) in [6.07, 6.45) is 2.40. The lowest BCUT2D eigenvalue weighted by atomic mass is 9.93. The molecule has 1 saturated heterocycles. The van der Waals surface area contributed by atoms with Gasteiger partial charge >= 0.3 is 0 Å². The molecule has 0 unspecified atom stereocenters. The second-order valence-corrected chi connectivity index (χ2v) is 5.82. The summed E-state index contributed by atoms with van der Waals surface area (Å²) in [5.41, 5.74) is 6.45. The molecule has 1 heterocycles. The molecular weight excluding hydrogens is 280 g/mol. The van der Waals surface area contributed by atoms with Crippen LogP contribution >= 0.6 is 0 Å². The van der Waals surface area contributed by atoms with Gasteiger partial charge in [0.15, 0.2) is 6.61 Å². The molecule has 22 heavy (non-hydrogen) atoms. The zero-order chi connectivity index (χ0) is 16.1. The van der Waals surface area contributed by atoms with Crippen molar-refractivity contribution in [3.63, 3.8) is 0 Å². The number of benzene rings is 1. The predicted octanol–water partition coefficient (Wildman–Crippen LogP) is 1.74. The third kappa shape index (κ3) is 3.78. The Morgan fingerprint density at radius 3 is 2.73 bits per heavy atom. The molecule has 5 heteroatoms. The van der Waals surface area contributed by atoms with E-state index in [1.807, 2.05) is 38.1 Å². The van der Waals surface area contributed by atoms with Crippen molar-refractivity contribution < 1.29 is 14.3 Å². The van der Waals surface area contributed by atoms with Crippen molar-refractivity contribution in [1.29, 1.82) is 0 Å². The molecule has 1 fully saturated rings. The number of piperidine rings is 1. The number of hydrogen-bond donors (Lipinski definition) is 1. The van der Waals surface area contributed by atoms with Crippen LogP contribution in [-0.4, -0.2) is 35.9 Å². The smallest absolute Gasteiger partial charge is 0.260 e. The van der Waals surface area contributed by atoms with E-state index in [2.05, 4.69) is 0 Å². The maximum absolute atomic E-state index is 12.4. The number of carbonyl (C=O) groups excluding carboxylic acids is 2. The first-order valence-corrected chi connectivity index (χ1v) is 7.82. The molecule has 2 amide bonds. The van der Waals surface area contributed by atoms with Crippen molar-refractivity contribution in [1.82, 2.24) is 4.90 Å². The number of carbonyl (C=O) groups is 2. The topological polar surface area (TPSA) is 72.6 Å². The van der Waals surface area contributed by atoms with Gasteiger partial charge in [0.1, 0.15) is 5.75 Å². The van der Waals surface area contributed by atoms with E-state index in [0.29, 0.717) is 6.54 Å². The molecule has 2 atom stereocenters. The second kappa shape index (κ2) is 7.29. The van der Waals surface area contributed by atoms with Crippen molar-refractivity contribution in [2.45, 2.75) is 39.2 Å². The van der Waals surface area contributed by atoms with Gasteiger partial charge in [-0.3, -0.25) is 9.59 Å². The number of likely N-dealkylation sites (tertiary alicyclic amines) is 1. The van der Waals surface area contributed by atoms with Crippen LogP contribution in [0.1, 0.15) is 32.3 Å². The number of ether oxygens (including phenoxy) is 1. The molecule has 0 spiro atoms. The summed E-state index contributed by atoms with van der Waals surface area (Å²) in [6.45, 7) is 4.43. The van der Waals surface area contributed by atoms with Gasteiger partial charge in [-0.1, -0.05) is 25.1 Å². The predicted molar refractivity (Wildman–Crippen MR) is 84.4 cm³/mol. The first-order chi connectivity index (χ1) is 10.5. The molecule has 0 radical (unpaired) electrons. The van der Waals surface area contributed by atoms with Gasteiger partial charge in [-0.2, -0.15) is 0 Å². The Balaban J connectivity index is 1.97. The molecule has 5 nitrogen and oxygen atoms in total. The molecule has 0 aromatic heterocycles. The molecule has 0 bridgehead atoms. The fourth-order valence-corrected chi connectivity index (χ4v) is 2.85. The highest BCUT2D eigenvalue weighted by Gasteiger charge is 2.31. The van der Waals surface area contributed by atoms with Gasteiger partial charge in [-0.15, -0.1) is 0 Å². The third-order valence-corrected chi connectivity index (χ3v) is 4.31. The minimum absolute atomic E-state index is 0.00711. The molecule has 1 aliphatic rings. The van der Waals surface area contributed by atoms with Crippen molar-refractivity contribution in [3.05, 3.63) is 29.8 Å². The summed E-state index contributed by atoms with van der Waals surface area (Å²) in [6, 6.07) is 7.83. The van der Waals surface area contributed by atoms with Gasteiger partial charge in [0.25, 0.3) is 5.91 Å². The van der Waals surface area contributed by atoms with Crippen molar-refractivity contribution in [2.24, 2.45) is 11.7 Å². The SMILES string of the molecule is CCc1ccccc1OCC(=O)N1C[C@H](C(N)=O)CC[C@H]1C. The highest BCUT2D eigenvalue weighted by molar-refractivity contribution is 5.81. The highest BCUT2D eigenvalue weighted by Crippen LogP contribution is 2.23. The number of aryl methyl sites for hydroxylation is 1. The van der Waals surface area contributed by atoms with Gasteiger partial charge in [-0.25, -0.2) is 0 Å². The van der Waals surface area contributed by atoms with Crippen LogP contribution in [0.4, 0.5) is 0 Å². The third-order valence-electron chi connectivity index (χ3n) is 4.31. The van der Waals surface area contributed by atoms with E-state index >= 15 is 0 Å². The van der Waals surface area contributed by atoms with Crippen LogP contribution in [-0.2, 0) is 16.0 Å². The largest absolute Gasteiger partial charge is 0.483 e. The van der Waals surface area contributed by atoms with Crippen LogP contribution in [0.3, 0.4) is 0 Å². The number of para-hydroxylation sites is 1. The number of primary amides is 1. The summed E-state index contributed by atoms with van der Waals surface area (Å²) < 4.78 is 5.68. The van der Waals surface area contributed by atoms with E-state index in [1.165, 1.54) is 0 Å². The fourth-order valence-electron chi connectivity index (χ4n) is 2.85. The number of rotatable bonds is 5. The number of nitrogens with zero attached hydrogens (tertiary/aromatic N) is 1. The van der Waals surface area contributed by atoms with Gasteiger partial charge in [0.05, 0.1) is 5.92 Å². The molecule has 1 aliphatic heterocycles. The maximum atomic E-state index is 12.4. The van der Waals surface area contributed by atoms with Crippen LogP contribution in [0.25, 0.3) is 0 Å². The quantitative estimate of drug-likeness (QED) is 0.900. The summed E-state index contributed by atoms with van der Waals surface area (Å²) in [7, 11) is 0. The molecular formula is C17H24N2O3. The summed E-state index contributed by atoms with van der Waals surface area (Å²) in [5, 5.41) is 0. The summed E-state index contributed by atoms with van der Waals surface area (Å²) in [4.78, 5) is 25.5. The Morgan fingerprint density at radius 2 is 2.05 bits per heavy atom. The van der Waals surface area contributed by atoms with Crippen LogP contribution in [0.15, 0.2) is 24.3 Å². The van der Waals surface area contributed by atoms with Crippen LogP contribution in [0.2, 0.25) is 0 Å². The Kier molecular flexibility index (Phi) is 5.41. The lowest BCUT2D eigenvalue weighted by Gasteiger charge is -2.36. The monoisotopic (exact) mass is 304 g/mol. The zero-order valence-corrected chi connectivity index (χ0v) is 13.2. The zero-order valence-electron chi connectivity index (χ0n) is 13.2. The first kappa shape index (κ1) is 16.3. The van der Waals surface area contributed by atoms with E-state index in [1.54, 1.807) is 4.90 Å². The van der Waals surface area contributed by atoms with E-state index in [9.17, 15) is 9.59 Å². The molecule has 120 valence electrons. The van der Waals surface area contributed by atoms with Gasteiger partial charge in [0, 0.05) is 12.6 Å². The second-order valence-electron chi connectivity index (χ2n) is 5.82. The molecule has 0 aliphatic carbocycles. The standard InChI is InChI=1S/C17H24N2O3/c1-3-13-6-4-5-7-15(13)22-11-16(20)19-10-14(17(18)21)9-8-12(19)2/h4-7,12,14H,3,8-11H2,1-2H3,(H2,18,21)/t12-,14-/m1/s1. The minimum atomic E-state index is -0.332. The Hall–Kier alpha value is -2.04. The molecule has 1 aromatic carbocycles. The molecule has 0 saturated carbocycles. The van der Waals surface area contributed by atoms with Crippen LogP contribution < -0.4 is 10.5 Å². The van der Waals surface area contributed by atoms with Gasteiger partial charge in [0.2, 0.25) is 5.91 Å². The average Bonchev–Trinajstić information content (AvgIpc) is 2.53. The van der Waals surface area contributed by atoms with E-state index in [0.717, 1.165) is 30.6 Å². The first-order valence-electron chi connectivity index (χ1n) is 7.82. The Bertz CT molecular complexity index is 544. The van der Waals surface area contributed by atoms with E-state index in [4.69, 9.17) is 10.5 Å². The summed E-state index contributed by atoms with van der Waals surface area (Å²) >= 11 is 0. The van der Waals surface area contributed by atoms with Crippen LogP contribution in [0, 0.1) is 5.92 Å². The van der Waals surface area contributed by atoms with Crippen molar-refractivity contribution >= 4 is 11.8 Å². The van der Waals surface area contributed by atoms with E-state index < -0.39 is 0 Å². The molecule has 2 rings (SSSR count). The molecule has 1 aromatic rings. The van der Waals surface area contributed by atoms with Crippen molar-refractivity contribution in [3.8, 4) is 5.75 Å². The Morgan fingerprint density at radius 1 is 1.32 bits per heavy atom. The lowest BCUT2D eigenvalue weighted by Crippen LogP contribution is -2.50. The molecule has 2 N–H and O–H groups in total.